The van der Waals surface area contributed by atoms with Crippen molar-refractivity contribution in [3.63, 3.8) is 0 Å². The summed E-state index contributed by atoms with van der Waals surface area (Å²) in [5, 5.41) is 19.3. The molecule has 34 heteroatoms. The van der Waals surface area contributed by atoms with E-state index in [1.807, 2.05) is 79.0 Å². The van der Waals surface area contributed by atoms with Gasteiger partial charge in [0.15, 0.2) is 28.9 Å². The Labute approximate surface area is 688 Å². The highest BCUT2D eigenvalue weighted by Crippen LogP contribution is 2.58. The van der Waals surface area contributed by atoms with Crippen LogP contribution in [0, 0.1) is 37.3 Å². The van der Waals surface area contributed by atoms with Crippen molar-refractivity contribution in [1.82, 2.24) is 25.8 Å². The Morgan fingerprint density at radius 2 is 0.793 bits per heavy atom. The molecule has 8 aromatic carbocycles. The molecule has 0 spiro atoms. The predicted octanol–water partition coefficient (Wildman–Crippen LogP) is 21.1. The van der Waals surface area contributed by atoms with Crippen LogP contribution in [0.25, 0.3) is 65.5 Å². The van der Waals surface area contributed by atoms with Gasteiger partial charge in [-0.3, -0.25) is 37.4 Å². The summed E-state index contributed by atoms with van der Waals surface area (Å²) in [7, 11) is -14.4. The van der Waals surface area contributed by atoms with Crippen molar-refractivity contribution in [3.05, 3.63) is 300 Å². The molecule has 0 bridgehead atoms. The molecule has 7 atom stereocenters. The van der Waals surface area contributed by atoms with Crippen LogP contribution < -0.4 is 21.3 Å². The number of nitrogens with one attached hydrogen (secondary N) is 4. The van der Waals surface area contributed by atoms with E-state index < -0.39 is 99.2 Å². The van der Waals surface area contributed by atoms with E-state index in [9.17, 15) is 79.5 Å². The van der Waals surface area contributed by atoms with E-state index in [-0.39, 0.29) is 11.1 Å². The number of aromatic nitrogens is 1. The van der Waals surface area contributed by atoms with Crippen LogP contribution in [0.2, 0.25) is 15.1 Å². The Morgan fingerprint density at radius 3 is 1.24 bits per heavy atom. The Bertz CT molecular complexity index is 5690. The first kappa shape index (κ1) is 87.8. The molecule has 18 nitrogen and oxygen atoms in total. The molecule has 4 amide bonds. The van der Waals surface area contributed by atoms with E-state index in [0.29, 0.717) is 48.1 Å². The minimum absolute atomic E-state index is 0.162. The Kier molecular flexibility index (Phi) is 30.3. The van der Waals surface area contributed by atoms with Crippen molar-refractivity contribution in [1.29, 1.82) is 0 Å². The van der Waals surface area contributed by atoms with Gasteiger partial charge in [-0.2, -0.15) is 0 Å². The fourth-order valence-electron chi connectivity index (χ4n) is 11.4. The standard InChI is InChI=1S/C20H18ClF2N2O3P.C20H19INO3PS.C19H16ClINO3PS.C18H13ClF2NO4PS/c1-25-11-15(14-10-13(21)4-6-18(14)25)19(29(2,27)28)20(26)24-8-7-12-3-5-16(22)17(23)9-12;1-13-6-7-18-16(10-13)17(12-27-18)19(26(2,24)25)20(23)22-9-8-14-4-3-5-15(21)11-14;1-26(24,25)18(16-11-27-17-6-5-14(21)10-15(16)17)19(23)22-8-7-12-3-2-4-13(20)9-12;19-11-2-4-16-12(8-11)13(9-28-16)17(27(24,25)26)18(23)22-6-5-10-1-3-14(20)15(21)7-10/h3-11,19H,1-2H3,(H,24,26)(H,27,28);3-12,19H,1-2H3,(H,22,23)(H,24,25);2-11,18H,1H3,(H,22,23)(H,24,25);1-9,17H,(H,22,23)(H2,24,25,26)/b8-7+;9-8+;8-7+;6-5+/i22-1;2*21-4;20-1. The molecule has 7 unspecified atom stereocenters. The van der Waals surface area contributed by atoms with Gasteiger partial charge in [0.05, 0.1) is 0 Å². The van der Waals surface area contributed by atoms with Gasteiger partial charge in [-0.15, -0.1) is 34.0 Å². The highest BCUT2D eigenvalue weighted by atomic mass is 123. The molecule has 0 aliphatic heterocycles. The molecule has 4 aromatic heterocycles. The van der Waals surface area contributed by atoms with Crippen molar-refractivity contribution in [3.8, 4) is 0 Å². The van der Waals surface area contributed by atoms with Crippen LogP contribution in [0.4, 0.5) is 17.6 Å². The molecule has 111 heavy (non-hydrogen) atoms. The lowest BCUT2D eigenvalue weighted by Crippen LogP contribution is -2.25. The maximum Gasteiger partial charge on any atom is 0.342 e. The summed E-state index contributed by atoms with van der Waals surface area (Å²) in [5.41, 5.74) is 0.556. The van der Waals surface area contributed by atoms with Crippen molar-refractivity contribution in [2.24, 2.45) is 7.05 Å². The fourth-order valence-corrected chi connectivity index (χ4v) is 20.9. The number of hydrogen-bond acceptors (Lipinski definition) is 11. The van der Waals surface area contributed by atoms with Gasteiger partial charge in [0, 0.05) is 105 Å². The summed E-state index contributed by atoms with van der Waals surface area (Å²) in [5.74, 6) is -6.69. The summed E-state index contributed by atoms with van der Waals surface area (Å²) in [4.78, 5) is 101. The first-order valence-corrected chi connectivity index (χ1v) is 46.7. The zero-order valence-electron chi connectivity index (χ0n) is 58.6. The molecule has 0 aliphatic carbocycles. The minimum Gasteiger partial charge on any atom is -0.350 e. The van der Waals surface area contributed by atoms with Crippen LogP contribution in [-0.4, -0.2) is 72.7 Å². The Hall–Kier alpha value is -7.21. The van der Waals surface area contributed by atoms with E-state index in [0.717, 1.165) is 91.3 Å². The summed E-state index contributed by atoms with van der Waals surface area (Å²) < 4.78 is 109. The second-order valence-corrected chi connectivity index (χ2v) is 40.5. The summed E-state index contributed by atoms with van der Waals surface area (Å²) in [6.07, 6.45) is 13.0. The van der Waals surface area contributed by atoms with Crippen molar-refractivity contribution >= 4 is 233 Å². The maximum absolute atomic E-state index is 13.3. The molecule has 4 heterocycles. The number of rotatable bonds is 20. The van der Waals surface area contributed by atoms with Crippen molar-refractivity contribution in [2.75, 3.05) is 20.0 Å². The van der Waals surface area contributed by atoms with E-state index in [4.69, 9.17) is 34.8 Å². The van der Waals surface area contributed by atoms with Crippen LogP contribution in [0.1, 0.15) is 72.7 Å². The van der Waals surface area contributed by atoms with Crippen LogP contribution >= 0.6 is 144 Å². The minimum atomic E-state index is -4.86. The van der Waals surface area contributed by atoms with Gasteiger partial charge >= 0.3 is 7.60 Å². The van der Waals surface area contributed by atoms with E-state index in [1.54, 1.807) is 83.9 Å². The lowest BCUT2D eigenvalue weighted by molar-refractivity contribution is -0.121. The van der Waals surface area contributed by atoms with Gasteiger partial charge in [-0.1, -0.05) is 88.9 Å². The van der Waals surface area contributed by atoms with Gasteiger partial charge in [-0.05, 0) is 262 Å². The number of amides is 4. The van der Waals surface area contributed by atoms with Gasteiger partial charge in [0.1, 0.15) is 17.0 Å². The molecule has 0 saturated carbocycles. The highest BCUT2D eigenvalue weighted by Gasteiger charge is 2.41. The molecular weight excluding hydrogens is 1850 g/mol. The highest BCUT2D eigenvalue weighted by molar-refractivity contribution is 14.1. The Morgan fingerprint density at radius 1 is 0.423 bits per heavy atom. The molecular formula is C77H66Cl3F4I2N5O13P4S3. The third-order valence-electron chi connectivity index (χ3n) is 16.4. The van der Waals surface area contributed by atoms with Crippen LogP contribution in [-0.2, 0) is 44.5 Å². The zero-order valence-corrected chi connectivity index (χ0v) is 71.2. The number of halogens is 9. The zero-order chi connectivity index (χ0) is 81.0. The smallest absolute Gasteiger partial charge is 0.342 e. The number of hydrogen-bond donors (Lipinski definition) is 9. The second kappa shape index (κ2) is 38.3. The molecule has 12 aromatic rings. The third-order valence-corrected chi connectivity index (χ3v) is 27.0. The second-order valence-electron chi connectivity index (χ2n) is 25.1. The average molecular weight is 1920 g/mol. The van der Waals surface area contributed by atoms with Gasteiger partial charge in [-0.25, -0.2) is 17.6 Å². The number of nitrogens with zero attached hydrogens (tertiary/aromatic N) is 1. The van der Waals surface area contributed by atoms with Gasteiger partial charge in [0.25, 0.3) is 0 Å². The monoisotopic (exact) mass is 1910 g/mol. The van der Waals surface area contributed by atoms with Gasteiger partial charge < -0.3 is 50.3 Å². The molecule has 0 aliphatic rings. The maximum atomic E-state index is 13.3. The number of carbonyl (C=O) groups excluding carboxylic acids is 4. The number of fused-ring (bicyclic) bond motifs is 4. The van der Waals surface area contributed by atoms with Crippen molar-refractivity contribution < 1.29 is 79.5 Å². The summed E-state index contributed by atoms with van der Waals surface area (Å²) in [6, 6.07) is 43.1. The largest absolute Gasteiger partial charge is 0.350 e. The third kappa shape index (κ3) is 23.7. The quantitative estimate of drug-likeness (QED) is 0.0195. The number of thiophene rings is 3. The van der Waals surface area contributed by atoms with E-state index in [2.05, 4.69) is 66.4 Å². The molecule has 0 saturated heterocycles. The lowest BCUT2D eigenvalue weighted by atomic mass is 10.1. The lowest BCUT2D eigenvalue weighted by Gasteiger charge is -2.18. The normalized spacial score (nSPS) is 14.5. The molecule has 12 rings (SSSR count). The number of carbonyl (C=O) groups is 4. The number of benzene rings is 8. The van der Waals surface area contributed by atoms with E-state index in [1.165, 1.54) is 102 Å². The summed E-state index contributed by atoms with van der Waals surface area (Å²) >= 11 is 26.5. The first-order chi connectivity index (χ1) is 52.2. The van der Waals surface area contributed by atoms with Crippen LogP contribution in [0.3, 0.4) is 0 Å². The first-order valence-electron chi connectivity index (χ1n) is 32.5. The van der Waals surface area contributed by atoms with Crippen molar-refractivity contribution in [2.45, 2.75) is 29.6 Å². The Balaban J connectivity index is 0.000000170. The summed E-state index contributed by atoms with van der Waals surface area (Å²) in [6.45, 7) is 5.53. The predicted molar refractivity (Wildman–Crippen MR) is 458 cm³/mol. The van der Waals surface area contributed by atoms with Crippen LogP contribution in [0.15, 0.2) is 205 Å². The topological polar surface area (TPSA) is 291 Å². The molecule has 0 radical (unpaired) electrons. The average Bonchev–Trinajstić information content (AvgIpc) is 1.67. The van der Waals surface area contributed by atoms with E-state index >= 15 is 0 Å². The molecule has 9 N–H and O–H groups in total. The number of aryl methyl sites for hydroxylation is 2. The van der Waals surface area contributed by atoms with Gasteiger partial charge in [0.2, 0.25) is 45.7 Å². The molecule has 578 valence electrons. The SMILES string of the molecule is CP(=O)(O)C(C(=O)N/C=C/c1cccc(Cl)c1)c1csc2ccc([123I])cc12.Cc1ccc2scc(C(C(=O)N/C=C/c3cccc([123I])c3)P(C)(=O)O)c2c1.Cn1cc(C(C(=O)N/C=C/c2ccc([18F])c(F)c2)P(C)(=O)O)c2cc(Cl)ccc21.O=C(N/C=C/c1ccc([18F])c(F)c1)C(c1csc2ccc(Cl)cc12)P(=O)(O)O. The van der Waals surface area contributed by atoms with Crippen LogP contribution in [0.5, 0.6) is 0 Å². The fraction of sp³-hybridized carbons (Fsp3) is 0.117. The molecule has 0 fully saturated rings.